The lowest BCUT2D eigenvalue weighted by atomic mass is 10.2. The van der Waals surface area contributed by atoms with Crippen molar-refractivity contribution >= 4 is 29.1 Å². The highest BCUT2D eigenvalue weighted by atomic mass is 35.5. The summed E-state index contributed by atoms with van der Waals surface area (Å²) in [5.74, 6) is 0.570. The lowest BCUT2D eigenvalue weighted by molar-refractivity contribution is 0.102. The van der Waals surface area contributed by atoms with Gasteiger partial charge in [-0.05, 0) is 19.1 Å². The number of hydrogen-bond acceptors (Lipinski definition) is 5. The van der Waals surface area contributed by atoms with E-state index in [1.165, 1.54) is 12.3 Å². The van der Waals surface area contributed by atoms with Crippen LogP contribution in [-0.4, -0.2) is 22.6 Å². The van der Waals surface area contributed by atoms with Crippen molar-refractivity contribution in [2.75, 3.05) is 17.2 Å². The largest absolute Gasteiger partial charge is 0.370 e. The molecule has 0 spiro atoms. The minimum Gasteiger partial charge on any atom is -0.370 e. The topological polar surface area (TPSA) is 80.0 Å². The van der Waals surface area contributed by atoms with Crippen molar-refractivity contribution in [3.05, 3.63) is 35.2 Å². The van der Waals surface area contributed by atoms with Gasteiger partial charge >= 0.3 is 0 Å². The monoisotopic (exact) mass is 266 g/mol. The van der Waals surface area contributed by atoms with Crippen LogP contribution in [0.3, 0.4) is 0 Å². The Morgan fingerprint density at radius 1 is 1.44 bits per heavy atom. The molecule has 7 heteroatoms. The van der Waals surface area contributed by atoms with Gasteiger partial charge < -0.3 is 15.2 Å². The van der Waals surface area contributed by atoms with Crippen LogP contribution in [0.25, 0.3) is 0 Å². The first kappa shape index (κ1) is 12.4. The molecule has 0 aliphatic heterocycles. The molecule has 0 aromatic carbocycles. The van der Waals surface area contributed by atoms with Gasteiger partial charge in [0.2, 0.25) is 0 Å². The molecule has 2 rings (SSSR count). The molecular formula is C11H11ClN4O2. The molecule has 94 valence electrons. The van der Waals surface area contributed by atoms with Crippen LogP contribution < -0.4 is 10.6 Å². The highest BCUT2D eigenvalue weighted by Crippen LogP contribution is 2.15. The van der Waals surface area contributed by atoms with E-state index in [2.05, 4.69) is 25.3 Å². The molecule has 6 nitrogen and oxygen atoms in total. The normalized spacial score (nSPS) is 10.1. The van der Waals surface area contributed by atoms with Crippen molar-refractivity contribution in [1.82, 2.24) is 10.1 Å². The molecule has 0 aliphatic carbocycles. The van der Waals surface area contributed by atoms with Gasteiger partial charge in [0.15, 0.2) is 5.82 Å². The molecule has 1 amide bonds. The number of anilines is 2. The Kier molecular flexibility index (Phi) is 3.78. The van der Waals surface area contributed by atoms with Gasteiger partial charge in [0.1, 0.15) is 17.2 Å². The molecule has 0 bridgehead atoms. The van der Waals surface area contributed by atoms with Crippen molar-refractivity contribution in [1.29, 1.82) is 0 Å². The molecule has 0 radical (unpaired) electrons. The summed E-state index contributed by atoms with van der Waals surface area (Å²) in [6.07, 6.45) is 1.37. The average Bonchev–Trinajstić information content (AvgIpc) is 2.81. The second-order valence-electron chi connectivity index (χ2n) is 3.43. The first-order valence-electron chi connectivity index (χ1n) is 5.32. The minimum atomic E-state index is -0.327. The summed E-state index contributed by atoms with van der Waals surface area (Å²) >= 11 is 5.85. The number of carbonyl (C=O) groups is 1. The Morgan fingerprint density at radius 3 is 2.94 bits per heavy atom. The molecule has 2 N–H and O–H groups in total. The molecule has 0 saturated heterocycles. The number of amides is 1. The molecule has 0 saturated carbocycles. The summed E-state index contributed by atoms with van der Waals surface area (Å²) in [4.78, 5) is 16.0. The Morgan fingerprint density at radius 2 is 2.28 bits per heavy atom. The van der Waals surface area contributed by atoms with Crippen LogP contribution in [0, 0.1) is 0 Å². The molecule has 2 aromatic rings. The van der Waals surface area contributed by atoms with Gasteiger partial charge in [0.05, 0.1) is 0 Å². The van der Waals surface area contributed by atoms with Gasteiger partial charge in [-0.15, -0.1) is 0 Å². The van der Waals surface area contributed by atoms with E-state index in [-0.39, 0.29) is 11.1 Å². The van der Waals surface area contributed by atoms with Crippen LogP contribution in [0.2, 0.25) is 5.15 Å². The van der Waals surface area contributed by atoms with E-state index in [0.717, 1.165) is 0 Å². The third-order valence-electron chi connectivity index (χ3n) is 2.09. The number of halogens is 1. The molecule has 18 heavy (non-hydrogen) atoms. The Labute approximate surface area is 108 Å². The number of nitrogens with zero attached hydrogens (tertiary/aromatic N) is 2. The van der Waals surface area contributed by atoms with E-state index < -0.39 is 0 Å². The van der Waals surface area contributed by atoms with E-state index in [1.807, 2.05) is 6.92 Å². The fourth-order valence-corrected chi connectivity index (χ4v) is 1.57. The van der Waals surface area contributed by atoms with Crippen molar-refractivity contribution < 1.29 is 9.32 Å². The first-order chi connectivity index (χ1) is 8.69. The van der Waals surface area contributed by atoms with E-state index in [0.29, 0.717) is 23.7 Å². The smallest absolute Gasteiger partial charge is 0.257 e. The first-order valence-corrected chi connectivity index (χ1v) is 5.70. The number of aromatic nitrogens is 2. The van der Waals surface area contributed by atoms with Gasteiger partial charge in [-0.3, -0.25) is 4.79 Å². The van der Waals surface area contributed by atoms with Gasteiger partial charge in [-0.1, -0.05) is 16.8 Å². The van der Waals surface area contributed by atoms with Crippen LogP contribution in [0.5, 0.6) is 0 Å². The van der Waals surface area contributed by atoms with Gasteiger partial charge in [0.25, 0.3) is 5.91 Å². The standard InChI is InChI=1S/C11H11ClN4O2/c1-2-13-10-6-7(5-8(12)14-10)11(17)15-9-3-4-18-16-9/h3-6H,2H2,1H3,(H,13,14)(H,15,16,17). The average molecular weight is 267 g/mol. The van der Waals surface area contributed by atoms with Crippen LogP contribution in [0.4, 0.5) is 11.6 Å². The maximum atomic E-state index is 11.9. The molecule has 0 aliphatic rings. The molecule has 2 heterocycles. The van der Waals surface area contributed by atoms with E-state index in [1.54, 1.807) is 12.1 Å². The Hall–Kier alpha value is -2.08. The van der Waals surface area contributed by atoms with Crippen LogP contribution in [0.1, 0.15) is 17.3 Å². The number of nitrogens with one attached hydrogen (secondary N) is 2. The number of rotatable bonds is 4. The maximum absolute atomic E-state index is 11.9. The zero-order chi connectivity index (χ0) is 13.0. The number of carbonyl (C=O) groups excluding carboxylic acids is 1. The summed E-state index contributed by atoms with van der Waals surface area (Å²) in [5.41, 5.74) is 0.397. The third-order valence-corrected chi connectivity index (χ3v) is 2.29. The highest BCUT2D eigenvalue weighted by molar-refractivity contribution is 6.30. The summed E-state index contributed by atoms with van der Waals surface area (Å²) in [5, 5.41) is 9.41. The van der Waals surface area contributed by atoms with Crippen molar-refractivity contribution in [2.45, 2.75) is 6.92 Å². The molecule has 0 atom stereocenters. The SMILES string of the molecule is CCNc1cc(C(=O)Nc2ccon2)cc(Cl)n1. The number of hydrogen-bond donors (Lipinski definition) is 2. The fraction of sp³-hybridized carbons (Fsp3) is 0.182. The summed E-state index contributed by atoms with van der Waals surface area (Å²) < 4.78 is 4.62. The minimum absolute atomic E-state index is 0.249. The van der Waals surface area contributed by atoms with Crippen LogP contribution in [0.15, 0.2) is 29.0 Å². The van der Waals surface area contributed by atoms with Crippen molar-refractivity contribution in [2.24, 2.45) is 0 Å². The summed E-state index contributed by atoms with van der Waals surface area (Å²) in [6, 6.07) is 4.65. The Balaban J connectivity index is 2.19. The van der Waals surface area contributed by atoms with Gasteiger partial charge in [-0.25, -0.2) is 4.98 Å². The molecule has 0 unspecified atom stereocenters. The zero-order valence-electron chi connectivity index (χ0n) is 9.61. The molecule has 0 fully saturated rings. The maximum Gasteiger partial charge on any atom is 0.257 e. The fourth-order valence-electron chi connectivity index (χ4n) is 1.37. The van der Waals surface area contributed by atoms with E-state index >= 15 is 0 Å². The van der Waals surface area contributed by atoms with Crippen molar-refractivity contribution in [3.63, 3.8) is 0 Å². The van der Waals surface area contributed by atoms with Crippen molar-refractivity contribution in [3.8, 4) is 0 Å². The summed E-state index contributed by atoms with van der Waals surface area (Å²) in [6.45, 7) is 2.62. The predicted molar refractivity (Wildman–Crippen MR) is 67.9 cm³/mol. The van der Waals surface area contributed by atoms with Gasteiger partial charge in [-0.2, -0.15) is 0 Å². The van der Waals surface area contributed by atoms with Crippen LogP contribution >= 0.6 is 11.6 Å². The second kappa shape index (κ2) is 5.50. The van der Waals surface area contributed by atoms with Crippen LogP contribution in [-0.2, 0) is 0 Å². The second-order valence-corrected chi connectivity index (χ2v) is 3.82. The van der Waals surface area contributed by atoms with Gasteiger partial charge in [0, 0.05) is 18.2 Å². The zero-order valence-corrected chi connectivity index (χ0v) is 10.4. The lowest BCUT2D eigenvalue weighted by Crippen LogP contribution is -2.13. The highest BCUT2D eigenvalue weighted by Gasteiger charge is 2.10. The quantitative estimate of drug-likeness (QED) is 0.831. The lowest BCUT2D eigenvalue weighted by Gasteiger charge is -2.06. The summed E-state index contributed by atoms with van der Waals surface area (Å²) in [7, 11) is 0. The van der Waals surface area contributed by atoms with E-state index in [9.17, 15) is 4.79 Å². The van der Waals surface area contributed by atoms with E-state index in [4.69, 9.17) is 11.6 Å². The third kappa shape index (κ3) is 2.98. The Bertz CT molecular complexity index is 542. The predicted octanol–water partition coefficient (Wildman–Crippen LogP) is 2.41. The molecule has 2 aromatic heterocycles. The number of pyridine rings is 1. The molecular weight excluding hydrogens is 256 g/mol.